The van der Waals surface area contributed by atoms with Gasteiger partial charge in [-0.2, -0.15) is 0 Å². The van der Waals surface area contributed by atoms with Gasteiger partial charge in [0, 0.05) is 52.4 Å². The van der Waals surface area contributed by atoms with Crippen molar-refractivity contribution in [3.05, 3.63) is 29.8 Å². The zero-order valence-electron chi connectivity index (χ0n) is 20.8. The van der Waals surface area contributed by atoms with Gasteiger partial charge in [0.25, 0.3) is 0 Å². The quantitative estimate of drug-likeness (QED) is 0.450. The highest BCUT2D eigenvalue weighted by Crippen LogP contribution is 2.27. The molecule has 0 amide bonds. The Hall–Kier alpha value is -1.83. The number of nitrogens with zero attached hydrogens (tertiary/aromatic N) is 4. The zero-order chi connectivity index (χ0) is 22.9. The third-order valence-corrected chi connectivity index (χ3v) is 7.00. The lowest BCUT2D eigenvalue weighted by atomic mass is 10.0. The van der Waals surface area contributed by atoms with Gasteiger partial charge in [-0.15, -0.1) is 0 Å². The van der Waals surface area contributed by atoms with Crippen molar-refractivity contribution in [1.82, 2.24) is 25.3 Å². The molecule has 2 aliphatic heterocycles. The summed E-state index contributed by atoms with van der Waals surface area (Å²) >= 11 is 0. The molecule has 0 radical (unpaired) electrons. The summed E-state index contributed by atoms with van der Waals surface area (Å²) in [7, 11) is 5.82. The van der Waals surface area contributed by atoms with E-state index in [0.29, 0.717) is 18.0 Å². The molecule has 0 spiro atoms. The number of nitrogens with one attached hydrogen (secondary N) is 2. The van der Waals surface area contributed by atoms with Gasteiger partial charge < -0.3 is 20.3 Å². The topological polar surface area (TPSA) is 55.4 Å². The van der Waals surface area contributed by atoms with Crippen LogP contribution < -0.4 is 15.4 Å². The van der Waals surface area contributed by atoms with Gasteiger partial charge in [0.2, 0.25) is 0 Å². The molecule has 0 aromatic heterocycles. The van der Waals surface area contributed by atoms with E-state index in [1.807, 2.05) is 13.1 Å². The lowest BCUT2D eigenvalue weighted by Crippen LogP contribution is -2.55. The fraction of sp³-hybridized carbons (Fsp3) is 0.720. The van der Waals surface area contributed by atoms with E-state index >= 15 is 0 Å². The van der Waals surface area contributed by atoms with E-state index in [1.165, 1.54) is 18.4 Å². The minimum atomic E-state index is 0.310. The Morgan fingerprint density at radius 3 is 2.31 bits per heavy atom. The van der Waals surface area contributed by atoms with E-state index in [2.05, 4.69) is 69.4 Å². The van der Waals surface area contributed by atoms with Crippen LogP contribution in [0.15, 0.2) is 29.3 Å². The van der Waals surface area contributed by atoms with Gasteiger partial charge in [-0.1, -0.05) is 26.0 Å². The normalized spacial score (nSPS) is 21.0. The highest BCUT2D eigenvalue weighted by Gasteiger charge is 2.26. The highest BCUT2D eigenvalue weighted by molar-refractivity contribution is 5.79. The molecule has 0 aliphatic carbocycles. The van der Waals surface area contributed by atoms with Gasteiger partial charge in [0.05, 0.1) is 13.2 Å². The second-order valence-corrected chi connectivity index (χ2v) is 9.52. The standard InChI is InChI=1S/C25H44N6O/c1-20(2)23(31-15-13-29(4)14-16-31)18-27-25(26-3)28-19-24(30-11-6-7-12-30)21-9-8-10-22(17-21)32-5/h8-10,17,20,23-24H,6-7,11-16,18-19H2,1-5H3,(H2,26,27,28). The molecular formula is C25H44N6O. The first-order chi connectivity index (χ1) is 15.5. The number of piperazine rings is 1. The monoisotopic (exact) mass is 444 g/mol. The van der Waals surface area contributed by atoms with Crippen molar-refractivity contribution in [3.63, 3.8) is 0 Å². The predicted octanol–water partition coefficient (Wildman–Crippen LogP) is 2.27. The Balaban J connectivity index is 1.60. The van der Waals surface area contributed by atoms with Crippen molar-refractivity contribution in [2.45, 2.75) is 38.8 Å². The van der Waals surface area contributed by atoms with Crippen LogP contribution in [0.2, 0.25) is 0 Å². The van der Waals surface area contributed by atoms with Gasteiger partial charge >= 0.3 is 0 Å². The number of hydrogen-bond acceptors (Lipinski definition) is 5. The molecule has 180 valence electrons. The van der Waals surface area contributed by atoms with Crippen molar-refractivity contribution >= 4 is 5.96 Å². The minimum Gasteiger partial charge on any atom is -0.497 e. The number of aliphatic imine (C=N–C) groups is 1. The Morgan fingerprint density at radius 2 is 1.69 bits per heavy atom. The van der Waals surface area contributed by atoms with Gasteiger partial charge in [-0.3, -0.25) is 14.8 Å². The first kappa shape index (κ1) is 24.8. The molecule has 1 aromatic carbocycles. The molecule has 32 heavy (non-hydrogen) atoms. The van der Waals surface area contributed by atoms with Crippen molar-refractivity contribution < 1.29 is 4.74 Å². The number of rotatable bonds is 9. The third kappa shape index (κ3) is 6.83. The SMILES string of the molecule is CN=C(NCC(c1cccc(OC)c1)N1CCCC1)NCC(C(C)C)N1CCN(C)CC1. The van der Waals surface area contributed by atoms with Crippen molar-refractivity contribution in [2.24, 2.45) is 10.9 Å². The smallest absolute Gasteiger partial charge is 0.191 e. The number of likely N-dealkylation sites (tertiary alicyclic amines) is 1. The number of hydrogen-bond donors (Lipinski definition) is 2. The molecule has 7 heteroatoms. The molecule has 0 bridgehead atoms. The molecule has 2 saturated heterocycles. The maximum atomic E-state index is 5.48. The average Bonchev–Trinajstić information content (AvgIpc) is 3.33. The molecule has 2 N–H and O–H groups in total. The highest BCUT2D eigenvalue weighted by atomic mass is 16.5. The van der Waals surface area contributed by atoms with E-state index in [4.69, 9.17) is 4.74 Å². The van der Waals surface area contributed by atoms with Crippen LogP contribution in [0.25, 0.3) is 0 Å². The van der Waals surface area contributed by atoms with Crippen LogP contribution in [0.1, 0.15) is 38.3 Å². The summed E-state index contributed by atoms with van der Waals surface area (Å²) < 4.78 is 5.48. The van der Waals surface area contributed by atoms with Crippen LogP contribution in [-0.4, -0.2) is 100 Å². The van der Waals surface area contributed by atoms with Crippen molar-refractivity contribution in [2.75, 3.05) is 73.6 Å². The van der Waals surface area contributed by atoms with Crippen LogP contribution in [0.4, 0.5) is 0 Å². The average molecular weight is 445 g/mol. The lowest BCUT2D eigenvalue weighted by molar-refractivity contribution is 0.0899. The summed E-state index contributed by atoms with van der Waals surface area (Å²) in [6.45, 7) is 13.3. The Bertz CT molecular complexity index is 710. The van der Waals surface area contributed by atoms with E-state index in [-0.39, 0.29) is 0 Å². The number of benzene rings is 1. The largest absolute Gasteiger partial charge is 0.497 e. The zero-order valence-corrected chi connectivity index (χ0v) is 20.8. The van der Waals surface area contributed by atoms with E-state index < -0.39 is 0 Å². The fourth-order valence-electron chi connectivity index (χ4n) is 4.92. The Kier molecular flexibility index (Phi) is 9.63. The molecule has 2 aliphatic rings. The van der Waals surface area contributed by atoms with Crippen LogP contribution in [0.3, 0.4) is 0 Å². The van der Waals surface area contributed by atoms with E-state index in [1.54, 1.807) is 7.11 Å². The molecule has 2 heterocycles. The number of likely N-dealkylation sites (N-methyl/N-ethyl adjacent to an activating group) is 1. The van der Waals surface area contributed by atoms with Gasteiger partial charge in [0.1, 0.15) is 5.75 Å². The minimum absolute atomic E-state index is 0.310. The summed E-state index contributed by atoms with van der Waals surface area (Å²) in [5, 5.41) is 7.24. The van der Waals surface area contributed by atoms with Crippen molar-refractivity contribution in [1.29, 1.82) is 0 Å². The van der Waals surface area contributed by atoms with Crippen LogP contribution in [-0.2, 0) is 0 Å². The second kappa shape index (κ2) is 12.4. The molecular weight excluding hydrogens is 400 g/mol. The van der Waals surface area contributed by atoms with E-state index in [9.17, 15) is 0 Å². The number of guanidine groups is 1. The third-order valence-electron chi connectivity index (χ3n) is 7.00. The van der Waals surface area contributed by atoms with E-state index in [0.717, 1.165) is 64.1 Å². The number of ether oxygens (including phenoxy) is 1. The summed E-state index contributed by atoms with van der Waals surface area (Å²) in [4.78, 5) is 12.2. The molecule has 2 fully saturated rings. The molecule has 3 rings (SSSR count). The van der Waals surface area contributed by atoms with Crippen LogP contribution in [0.5, 0.6) is 5.75 Å². The van der Waals surface area contributed by atoms with Crippen LogP contribution >= 0.6 is 0 Å². The Morgan fingerprint density at radius 1 is 1.00 bits per heavy atom. The maximum absolute atomic E-state index is 5.48. The molecule has 1 aromatic rings. The molecule has 7 nitrogen and oxygen atoms in total. The first-order valence-corrected chi connectivity index (χ1v) is 12.3. The predicted molar refractivity (Wildman–Crippen MR) is 134 cm³/mol. The summed E-state index contributed by atoms with van der Waals surface area (Å²) in [6.07, 6.45) is 2.54. The molecule has 2 unspecified atom stereocenters. The number of methoxy groups -OCH3 is 1. The molecule has 2 atom stereocenters. The summed E-state index contributed by atoms with van der Waals surface area (Å²) in [6, 6.07) is 9.31. The second-order valence-electron chi connectivity index (χ2n) is 9.52. The van der Waals surface area contributed by atoms with Gasteiger partial charge in [-0.05, 0) is 56.6 Å². The van der Waals surface area contributed by atoms with Crippen LogP contribution in [0, 0.1) is 5.92 Å². The summed E-state index contributed by atoms with van der Waals surface area (Å²) in [5.41, 5.74) is 1.30. The first-order valence-electron chi connectivity index (χ1n) is 12.3. The van der Waals surface area contributed by atoms with Crippen molar-refractivity contribution in [3.8, 4) is 5.75 Å². The maximum Gasteiger partial charge on any atom is 0.191 e. The fourth-order valence-corrected chi connectivity index (χ4v) is 4.92. The summed E-state index contributed by atoms with van der Waals surface area (Å²) in [5.74, 6) is 2.40. The lowest BCUT2D eigenvalue weighted by Gasteiger charge is -2.40. The van der Waals surface area contributed by atoms with Gasteiger partial charge in [0.15, 0.2) is 5.96 Å². The Labute approximate surface area is 195 Å². The molecule has 0 saturated carbocycles. The van der Waals surface area contributed by atoms with Gasteiger partial charge in [-0.25, -0.2) is 0 Å².